The topological polar surface area (TPSA) is 173 Å². The average molecular weight is 684 g/mol. The molecule has 3 N–H and O–H groups in total. The van der Waals surface area contributed by atoms with Crippen LogP contribution >= 0.6 is 0 Å². The molecule has 0 spiro atoms. The van der Waals surface area contributed by atoms with E-state index >= 15 is 0 Å². The summed E-state index contributed by atoms with van der Waals surface area (Å²) in [5.41, 5.74) is 0.470. The number of benzene rings is 1. The fourth-order valence-corrected chi connectivity index (χ4v) is 7.81. The number of hydrogen-bond donors (Lipinski definition) is 3. The van der Waals surface area contributed by atoms with Crippen molar-refractivity contribution in [3.8, 4) is 0 Å². The number of carbonyl (C=O) groups excluding carboxylic acids is 4. The van der Waals surface area contributed by atoms with E-state index in [1.807, 2.05) is 19.1 Å². The van der Waals surface area contributed by atoms with Crippen molar-refractivity contribution in [1.29, 1.82) is 0 Å². The van der Waals surface area contributed by atoms with E-state index in [0.29, 0.717) is 49.7 Å². The van der Waals surface area contributed by atoms with Gasteiger partial charge in [0, 0.05) is 19.5 Å². The van der Waals surface area contributed by atoms with Crippen molar-refractivity contribution in [3.63, 3.8) is 0 Å². The molecule has 0 radical (unpaired) electrons. The molecule has 3 aliphatic carbocycles. The minimum absolute atomic E-state index is 0.0350. The van der Waals surface area contributed by atoms with Gasteiger partial charge in [-0.3, -0.25) is 24.4 Å². The zero-order valence-corrected chi connectivity index (χ0v) is 28.4. The molecule has 13 nitrogen and oxygen atoms in total. The van der Waals surface area contributed by atoms with Gasteiger partial charge in [0.05, 0.1) is 34.9 Å². The van der Waals surface area contributed by atoms with Crippen LogP contribution in [0.1, 0.15) is 62.5 Å². The molecule has 5 rings (SSSR count). The summed E-state index contributed by atoms with van der Waals surface area (Å²) in [5.74, 6) is -3.50. The Morgan fingerprint density at radius 2 is 1.90 bits per heavy atom. The quantitative estimate of drug-likeness (QED) is 0.187. The number of ether oxygens (including phenoxy) is 2. The number of hydrogen-bond acceptors (Lipinski definition) is 9. The molecule has 1 heterocycles. The zero-order chi connectivity index (χ0) is 34.6. The maximum atomic E-state index is 13.9. The summed E-state index contributed by atoms with van der Waals surface area (Å²) in [6, 6.07) is 5.46. The Morgan fingerprint density at radius 3 is 2.54 bits per heavy atom. The number of anilines is 1. The van der Waals surface area contributed by atoms with Crippen molar-refractivity contribution >= 4 is 45.4 Å². The van der Waals surface area contributed by atoms with Gasteiger partial charge in [0.2, 0.25) is 27.7 Å². The number of nitrogens with one attached hydrogen (secondary N) is 3. The van der Waals surface area contributed by atoms with Gasteiger partial charge < -0.3 is 19.7 Å². The lowest BCUT2D eigenvalue weighted by Crippen LogP contribution is -2.54. The molecule has 4 amide bonds. The van der Waals surface area contributed by atoms with E-state index in [1.165, 1.54) is 6.08 Å². The van der Waals surface area contributed by atoms with E-state index in [2.05, 4.69) is 33.5 Å². The molecular weight excluding hydrogens is 638 g/mol. The van der Waals surface area contributed by atoms with Crippen LogP contribution in [0, 0.1) is 24.7 Å². The smallest absolute Gasteiger partial charge is 0.411 e. The molecule has 0 unspecified atom stereocenters. The van der Waals surface area contributed by atoms with E-state index in [1.54, 1.807) is 24.1 Å². The highest BCUT2D eigenvalue weighted by molar-refractivity contribution is 7.91. The molecular formula is C34H45N5O8S. The predicted molar refractivity (Wildman–Crippen MR) is 180 cm³/mol. The number of unbranched alkanes of at least 4 members (excludes halogenated alkanes) is 2. The van der Waals surface area contributed by atoms with Gasteiger partial charge in [-0.25, -0.2) is 18.2 Å². The zero-order valence-electron chi connectivity index (χ0n) is 27.5. The van der Waals surface area contributed by atoms with E-state index in [4.69, 9.17) is 9.47 Å². The monoisotopic (exact) mass is 683 g/mol. The third-order valence-corrected chi connectivity index (χ3v) is 11.3. The summed E-state index contributed by atoms with van der Waals surface area (Å²) >= 11 is 0. The van der Waals surface area contributed by atoms with Gasteiger partial charge in [0.15, 0.2) is 0 Å². The highest BCUT2D eigenvalue weighted by Gasteiger charge is 2.62. The average Bonchev–Trinajstić information content (AvgIpc) is 3.92. The van der Waals surface area contributed by atoms with Gasteiger partial charge in [0.1, 0.15) is 18.2 Å². The lowest BCUT2D eigenvalue weighted by molar-refractivity contribution is -0.140. The SMILES string of the molecule is C=CCCCCN(C)C(=O)[C@@H]1C[C@H](OC(=O)Nc2cc(C)ccc2C2=NCCO2)C[C@H]1C(=O)N[C@]1(C(=O)NS(=O)(=O)C2CC2)C[C@H]1C=C. The van der Waals surface area contributed by atoms with Gasteiger partial charge in [-0.15, -0.1) is 13.2 Å². The second kappa shape index (κ2) is 14.5. The molecule has 1 aromatic rings. The lowest BCUT2D eigenvalue weighted by Gasteiger charge is -2.26. The van der Waals surface area contributed by atoms with Gasteiger partial charge in [-0.1, -0.05) is 18.2 Å². The molecule has 1 aliphatic heterocycles. The molecule has 260 valence electrons. The van der Waals surface area contributed by atoms with Crippen molar-refractivity contribution in [1.82, 2.24) is 14.9 Å². The Kier molecular flexibility index (Phi) is 10.6. The normalized spacial score (nSPS) is 26.0. The molecule has 3 saturated carbocycles. The fourth-order valence-electron chi connectivity index (χ4n) is 6.45. The predicted octanol–water partition coefficient (Wildman–Crippen LogP) is 3.20. The molecule has 14 heteroatoms. The second-order valence-corrected chi connectivity index (χ2v) is 15.1. The number of rotatable bonds is 15. The standard InChI is InChI=1S/C34H45N5O8S/c1-5-7-8-9-15-39(4)31(41)27-19-23(47-33(43)36-28-17-21(3)10-13-25(28)30-35-14-16-46-30)18-26(27)29(40)37-34(20-22(34)6-2)32(42)38-48(44,45)24-11-12-24/h5-6,10,13,17,22-24,26-27H,1-2,7-9,11-12,14-16,18-20H2,3-4H3,(H,36,43)(H,37,40)(H,38,42)/t22-,23-,26-,27-,34-/m1/s1. The maximum Gasteiger partial charge on any atom is 0.411 e. The molecule has 48 heavy (non-hydrogen) atoms. The third-order valence-electron chi connectivity index (χ3n) is 9.45. The number of nitrogens with zero attached hydrogens (tertiary/aromatic N) is 2. The molecule has 0 saturated heterocycles. The van der Waals surface area contributed by atoms with E-state index in [0.717, 1.165) is 24.8 Å². The van der Waals surface area contributed by atoms with Crippen molar-refractivity contribution in [2.75, 3.05) is 32.1 Å². The van der Waals surface area contributed by atoms with Crippen LogP contribution in [0.25, 0.3) is 0 Å². The van der Waals surface area contributed by atoms with Gasteiger partial charge in [0.25, 0.3) is 5.91 Å². The van der Waals surface area contributed by atoms with Gasteiger partial charge in [-0.2, -0.15) is 0 Å². The van der Waals surface area contributed by atoms with Crippen molar-refractivity contribution in [2.24, 2.45) is 22.7 Å². The summed E-state index contributed by atoms with van der Waals surface area (Å²) in [6.07, 6.45) is 5.45. The van der Waals surface area contributed by atoms with Gasteiger partial charge >= 0.3 is 6.09 Å². The van der Waals surface area contributed by atoms with E-state index in [9.17, 15) is 27.6 Å². The Labute approximate surface area is 281 Å². The molecule has 1 aromatic carbocycles. The fraction of sp³-hybridized carbons (Fsp3) is 0.559. The highest BCUT2D eigenvalue weighted by atomic mass is 32.2. The summed E-state index contributed by atoms with van der Waals surface area (Å²) in [7, 11) is -2.18. The van der Waals surface area contributed by atoms with Crippen LogP contribution in [0.15, 0.2) is 48.5 Å². The molecule has 5 atom stereocenters. The van der Waals surface area contributed by atoms with Crippen LogP contribution in [-0.2, 0) is 33.9 Å². The largest absolute Gasteiger partial charge is 0.475 e. The van der Waals surface area contributed by atoms with Crippen molar-refractivity contribution < 1.29 is 37.1 Å². The number of sulfonamides is 1. The van der Waals surface area contributed by atoms with Crippen LogP contribution in [-0.4, -0.2) is 86.7 Å². The first-order valence-corrected chi connectivity index (χ1v) is 18.1. The van der Waals surface area contributed by atoms with Crippen LogP contribution in [0.5, 0.6) is 0 Å². The lowest BCUT2D eigenvalue weighted by atomic mass is 9.93. The number of amides is 4. The van der Waals surface area contributed by atoms with Crippen LogP contribution in [0.2, 0.25) is 0 Å². The summed E-state index contributed by atoms with van der Waals surface area (Å²) in [5, 5.41) is 4.94. The van der Waals surface area contributed by atoms with Crippen LogP contribution in [0.3, 0.4) is 0 Å². The Bertz CT molecular complexity index is 1610. The van der Waals surface area contributed by atoms with E-state index in [-0.39, 0.29) is 25.2 Å². The minimum Gasteiger partial charge on any atom is -0.475 e. The second-order valence-electron chi connectivity index (χ2n) is 13.1. The van der Waals surface area contributed by atoms with Gasteiger partial charge in [-0.05, 0) is 76.0 Å². The number of aliphatic imine (C=N–C) groups is 1. The minimum atomic E-state index is -3.86. The Hall–Kier alpha value is -4.20. The van der Waals surface area contributed by atoms with E-state index < -0.39 is 62.6 Å². The third kappa shape index (κ3) is 7.91. The summed E-state index contributed by atoms with van der Waals surface area (Å²) < 4.78 is 38.6. The Balaban J connectivity index is 1.31. The summed E-state index contributed by atoms with van der Waals surface area (Å²) in [4.78, 5) is 60.1. The molecule has 0 bridgehead atoms. The summed E-state index contributed by atoms with van der Waals surface area (Å²) in [6.45, 7) is 10.8. The van der Waals surface area contributed by atoms with Crippen molar-refractivity contribution in [3.05, 3.63) is 54.6 Å². The highest BCUT2D eigenvalue weighted by Crippen LogP contribution is 2.46. The van der Waals surface area contributed by atoms with Crippen LogP contribution in [0.4, 0.5) is 10.5 Å². The first-order valence-electron chi connectivity index (χ1n) is 16.5. The molecule has 0 aromatic heterocycles. The molecule has 4 aliphatic rings. The number of allylic oxidation sites excluding steroid dienone is 1. The first-order chi connectivity index (χ1) is 22.9. The maximum absolute atomic E-state index is 13.9. The van der Waals surface area contributed by atoms with Crippen LogP contribution < -0.4 is 15.4 Å². The Morgan fingerprint density at radius 1 is 1.15 bits per heavy atom. The first kappa shape index (κ1) is 35.1. The number of carbonyl (C=O) groups is 4. The molecule has 3 fully saturated rings. The number of aryl methyl sites for hydroxylation is 1. The van der Waals surface area contributed by atoms with Crippen molar-refractivity contribution in [2.45, 2.75) is 75.2 Å².